The molecule has 0 aromatic heterocycles. The van der Waals surface area contributed by atoms with E-state index in [0.29, 0.717) is 24.1 Å². The van der Waals surface area contributed by atoms with Gasteiger partial charge in [0.25, 0.3) is 0 Å². The minimum atomic E-state index is -3.57. The molecule has 0 bridgehead atoms. The average Bonchev–Trinajstić information content (AvgIpc) is 2.90. The van der Waals surface area contributed by atoms with Crippen molar-refractivity contribution in [3.63, 3.8) is 0 Å². The Morgan fingerprint density at radius 1 is 1.17 bits per heavy atom. The Hall–Kier alpha value is -1.60. The smallest absolute Gasteiger partial charge is 0.311 e. The summed E-state index contributed by atoms with van der Waals surface area (Å²) in [5, 5.41) is 2.40. The Labute approximate surface area is 182 Å². The molecule has 1 fully saturated rings. The number of benzene rings is 1. The SMILES string of the molecule is CCCN(CCC1CCCNC(=O)C1)C(C)Cc1ccc(OS(=O)(=O)C(C)C)cc1. The summed E-state index contributed by atoms with van der Waals surface area (Å²) in [4.78, 5) is 14.3. The van der Waals surface area contributed by atoms with E-state index in [-0.39, 0.29) is 5.91 Å². The maximum absolute atomic E-state index is 11.9. The van der Waals surface area contributed by atoms with Gasteiger partial charge in [-0.1, -0.05) is 19.1 Å². The second-order valence-electron chi connectivity index (χ2n) is 8.71. The largest absolute Gasteiger partial charge is 0.382 e. The van der Waals surface area contributed by atoms with E-state index < -0.39 is 15.4 Å². The van der Waals surface area contributed by atoms with Crippen LogP contribution < -0.4 is 9.50 Å². The second kappa shape index (κ2) is 11.7. The van der Waals surface area contributed by atoms with E-state index in [4.69, 9.17) is 4.18 Å². The van der Waals surface area contributed by atoms with Gasteiger partial charge in [-0.05, 0) is 89.6 Å². The molecule has 0 saturated carbocycles. The first-order valence-electron chi connectivity index (χ1n) is 11.2. The van der Waals surface area contributed by atoms with Crippen molar-refractivity contribution in [2.45, 2.75) is 77.5 Å². The fourth-order valence-corrected chi connectivity index (χ4v) is 4.44. The molecular formula is C23H38N2O4S. The van der Waals surface area contributed by atoms with Crippen LogP contribution in [0.5, 0.6) is 5.75 Å². The third kappa shape index (κ3) is 7.91. The standard InChI is InChI=1S/C23H38N2O4S/c1-5-14-25(15-12-20-7-6-13-24-23(26)17-20)19(4)16-21-8-10-22(11-9-21)29-30(27,28)18(2)3/h8-11,18-20H,5-7,12-17H2,1-4H3,(H,24,26). The summed E-state index contributed by atoms with van der Waals surface area (Å²) >= 11 is 0. The predicted molar refractivity (Wildman–Crippen MR) is 121 cm³/mol. The van der Waals surface area contributed by atoms with Crippen LogP contribution in [0.15, 0.2) is 24.3 Å². The van der Waals surface area contributed by atoms with Gasteiger partial charge < -0.3 is 14.4 Å². The molecule has 0 aliphatic carbocycles. The Balaban J connectivity index is 1.92. The summed E-state index contributed by atoms with van der Waals surface area (Å²) in [7, 11) is -3.57. The number of amides is 1. The van der Waals surface area contributed by atoms with E-state index in [1.807, 2.05) is 12.1 Å². The first kappa shape index (κ1) is 24.7. The Morgan fingerprint density at radius 3 is 2.50 bits per heavy atom. The van der Waals surface area contributed by atoms with Gasteiger partial charge in [0.15, 0.2) is 0 Å². The topological polar surface area (TPSA) is 75.7 Å². The van der Waals surface area contributed by atoms with E-state index >= 15 is 0 Å². The molecule has 2 rings (SSSR count). The summed E-state index contributed by atoms with van der Waals surface area (Å²) in [5.41, 5.74) is 1.16. The lowest BCUT2D eigenvalue weighted by Crippen LogP contribution is -2.37. The summed E-state index contributed by atoms with van der Waals surface area (Å²) in [6.07, 6.45) is 5.87. The third-order valence-electron chi connectivity index (χ3n) is 5.79. The second-order valence-corrected chi connectivity index (χ2v) is 10.8. The molecule has 1 aromatic rings. The van der Waals surface area contributed by atoms with E-state index in [1.54, 1.807) is 26.0 Å². The Bertz CT molecular complexity index is 762. The minimum Gasteiger partial charge on any atom is -0.382 e. The number of nitrogens with zero attached hydrogens (tertiary/aromatic N) is 1. The van der Waals surface area contributed by atoms with Crippen molar-refractivity contribution in [2.75, 3.05) is 19.6 Å². The van der Waals surface area contributed by atoms with Gasteiger partial charge in [-0.25, -0.2) is 0 Å². The molecule has 2 atom stereocenters. The summed E-state index contributed by atoms with van der Waals surface area (Å²) < 4.78 is 29.0. The fourth-order valence-electron chi connectivity index (χ4n) is 3.87. The van der Waals surface area contributed by atoms with Gasteiger partial charge in [0.05, 0.1) is 5.25 Å². The van der Waals surface area contributed by atoms with Crippen LogP contribution in [0.25, 0.3) is 0 Å². The van der Waals surface area contributed by atoms with Crippen LogP contribution in [-0.4, -0.2) is 50.2 Å². The molecule has 1 saturated heterocycles. The molecule has 1 amide bonds. The van der Waals surface area contributed by atoms with Crippen molar-refractivity contribution in [1.82, 2.24) is 10.2 Å². The quantitative estimate of drug-likeness (QED) is 0.533. The predicted octanol–water partition coefficient (Wildman–Crippen LogP) is 3.75. The minimum absolute atomic E-state index is 0.189. The van der Waals surface area contributed by atoms with Crippen molar-refractivity contribution >= 4 is 16.0 Å². The van der Waals surface area contributed by atoms with E-state index in [9.17, 15) is 13.2 Å². The van der Waals surface area contributed by atoms with Crippen LogP contribution in [0.1, 0.15) is 65.4 Å². The summed E-state index contributed by atoms with van der Waals surface area (Å²) in [5.74, 6) is 1.02. The molecule has 7 heteroatoms. The Kier molecular flexibility index (Phi) is 9.62. The fraction of sp³-hybridized carbons (Fsp3) is 0.696. The van der Waals surface area contributed by atoms with Gasteiger partial charge in [0.1, 0.15) is 5.75 Å². The van der Waals surface area contributed by atoms with Crippen molar-refractivity contribution in [3.05, 3.63) is 29.8 Å². The number of nitrogens with one attached hydrogen (secondary N) is 1. The molecule has 1 aromatic carbocycles. The van der Waals surface area contributed by atoms with Gasteiger partial charge in [-0.15, -0.1) is 0 Å². The first-order chi connectivity index (χ1) is 14.2. The molecule has 30 heavy (non-hydrogen) atoms. The highest BCUT2D eigenvalue weighted by molar-refractivity contribution is 7.87. The number of hydrogen-bond donors (Lipinski definition) is 1. The zero-order valence-corrected chi connectivity index (χ0v) is 19.7. The number of carbonyl (C=O) groups excluding carboxylic acids is 1. The molecule has 1 aliphatic heterocycles. The van der Waals surface area contributed by atoms with Crippen LogP contribution in [0.3, 0.4) is 0 Å². The maximum atomic E-state index is 11.9. The number of rotatable bonds is 11. The van der Waals surface area contributed by atoms with Gasteiger partial charge in [0, 0.05) is 19.0 Å². The molecule has 0 radical (unpaired) electrons. The van der Waals surface area contributed by atoms with Crippen molar-refractivity contribution in [2.24, 2.45) is 5.92 Å². The third-order valence-corrected chi connectivity index (χ3v) is 7.37. The van der Waals surface area contributed by atoms with E-state index in [0.717, 1.165) is 57.3 Å². The lowest BCUT2D eigenvalue weighted by Gasteiger charge is -2.30. The lowest BCUT2D eigenvalue weighted by atomic mass is 9.95. The van der Waals surface area contributed by atoms with Gasteiger partial charge >= 0.3 is 10.1 Å². The van der Waals surface area contributed by atoms with E-state index in [1.165, 1.54) is 0 Å². The maximum Gasteiger partial charge on any atom is 0.311 e. The number of hydrogen-bond acceptors (Lipinski definition) is 5. The number of carbonyl (C=O) groups is 1. The normalized spacial score (nSPS) is 18.9. The van der Waals surface area contributed by atoms with Crippen molar-refractivity contribution in [1.29, 1.82) is 0 Å². The highest BCUT2D eigenvalue weighted by Gasteiger charge is 2.21. The molecule has 1 heterocycles. The monoisotopic (exact) mass is 438 g/mol. The van der Waals surface area contributed by atoms with Gasteiger partial charge in [-0.3, -0.25) is 4.79 Å². The summed E-state index contributed by atoms with van der Waals surface area (Å²) in [6, 6.07) is 7.73. The average molecular weight is 439 g/mol. The molecule has 0 spiro atoms. The highest BCUT2D eigenvalue weighted by Crippen LogP contribution is 2.21. The first-order valence-corrected chi connectivity index (χ1v) is 12.7. The van der Waals surface area contributed by atoms with Gasteiger partial charge in [-0.2, -0.15) is 8.42 Å². The van der Waals surface area contributed by atoms with Crippen LogP contribution in [-0.2, 0) is 21.3 Å². The zero-order valence-electron chi connectivity index (χ0n) is 18.9. The van der Waals surface area contributed by atoms with E-state index in [2.05, 4.69) is 24.1 Å². The van der Waals surface area contributed by atoms with Crippen molar-refractivity contribution < 1.29 is 17.4 Å². The molecule has 1 N–H and O–H groups in total. The Morgan fingerprint density at radius 2 is 1.87 bits per heavy atom. The molecule has 1 aliphatic rings. The van der Waals surface area contributed by atoms with Crippen LogP contribution in [0.2, 0.25) is 0 Å². The molecular weight excluding hydrogens is 400 g/mol. The van der Waals surface area contributed by atoms with Gasteiger partial charge in [0.2, 0.25) is 5.91 Å². The summed E-state index contributed by atoms with van der Waals surface area (Å²) in [6.45, 7) is 10.5. The van der Waals surface area contributed by atoms with Crippen LogP contribution >= 0.6 is 0 Å². The van der Waals surface area contributed by atoms with Crippen molar-refractivity contribution in [3.8, 4) is 5.75 Å². The molecule has 2 unspecified atom stereocenters. The van der Waals surface area contributed by atoms with Crippen LogP contribution in [0, 0.1) is 5.92 Å². The molecule has 6 nitrogen and oxygen atoms in total. The highest BCUT2D eigenvalue weighted by atomic mass is 32.2. The lowest BCUT2D eigenvalue weighted by molar-refractivity contribution is -0.121. The zero-order chi connectivity index (χ0) is 22.1. The van der Waals surface area contributed by atoms with Crippen LogP contribution in [0.4, 0.5) is 0 Å². The molecule has 170 valence electrons.